The van der Waals surface area contributed by atoms with Crippen LogP contribution in [0.5, 0.6) is 5.75 Å². The molecule has 0 saturated carbocycles. The van der Waals surface area contributed by atoms with Crippen molar-refractivity contribution in [1.82, 2.24) is 14.5 Å². The van der Waals surface area contributed by atoms with Crippen molar-refractivity contribution in [2.75, 3.05) is 0 Å². The average Bonchev–Trinajstić information content (AvgIpc) is 2.57. The first kappa shape index (κ1) is 17.2. The Balaban J connectivity index is 2.23. The summed E-state index contributed by atoms with van der Waals surface area (Å²) >= 11 is 11.7. The van der Waals surface area contributed by atoms with E-state index in [2.05, 4.69) is 9.97 Å². The molecule has 0 atom stereocenters. The van der Waals surface area contributed by atoms with Crippen molar-refractivity contribution in [3.8, 4) is 5.75 Å². The van der Waals surface area contributed by atoms with Crippen LogP contribution in [0.4, 0.5) is 0 Å². The molecule has 9 heteroatoms. The number of aromatic hydroxyl groups is 1. The Labute approximate surface area is 150 Å². The van der Waals surface area contributed by atoms with Crippen LogP contribution in [0.25, 0.3) is 11.0 Å². The first-order chi connectivity index (χ1) is 11.8. The van der Waals surface area contributed by atoms with Gasteiger partial charge >= 0.3 is 5.69 Å². The molecule has 25 heavy (non-hydrogen) atoms. The lowest BCUT2D eigenvalue weighted by molar-refractivity contribution is 0.103. The van der Waals surface area contributed by atoms with Gasteiger partial charge in [0.05, 0.1) is 16.0 Å². The van der Waals surface area contributed by atoms with E-state index in [4.69, 9.17) is 23.2 Å². The third kappa shape index (κ3) is 2.92. The topological polar surface area (TPSA) is 105 Å². The van der Waals surface area contributed by atoms with Crippen LogP contribution in [0.3, 0.4) is 0 Å². The highest BCUT2D eigenvalue weighted by atomic mass is 35.5. The van der Waals surface area contributed by atoms with E-state index in [1.165, 1.54) is 29.0 Å². The molecule has 0 radical (unpaired) electrons. The van der Waals surface area contributed by atoms with Crippen LogP contribution >= 0.6 is 23.2 Å². The van der Waals surface area contributed by atoms with Crippen molar-refractivity contribution in [3.05, 3.63) is 66.4 Å². The van der Waals surface area contributed by atoms with Crippen LogP contribution in [0.15, 0.2) is 34.0 Å². The maximum Gasteiger partial charge on any atom is 0.329 e. The molecule has 3 rings (SSSR count). The zero-order valence-corrected chi connectivity index (χ0v) is 14.4. The van der Waals surface area contributed by atoms with E-state index < -0.39 is 22.8 Å². The summed E-state index contributed by atoms with van der Waals surface area (Å²) < 4.78 is 1.28. The van der Waals surface area contributed by atoms with Gasteiger partial charge in [-0.2, -0.15) is 0 Å². The van der Waals surface area contributed by atoms with E-state index in [0.29, 0.717) is 6.54 Å². The highest BCUT2D eigenvalue weighted by molar-refractivity contribution is 6.36. The molecule has 0 bridgehead atoms. The van der Waals surface area contributed by atoms with E-state index >= 15 is 0 Å². The quantitative estimate of drug-likeness (QED) is 0.679. The number of hydrogen-bond acceptors (Lipinski definition) is 5. The number of benzene rings is 1. The van der Waals surface area contributed by atoms with Crippen molar-refractivity contribution >= 4 is 40.0 Å². The maximum atomic E-state index is 12.6. The minimum atomic E-state index is -0.653. The number of phenols is 1. The van der Waals surface area contributed by atoms with Gasteiger partial charge in [-0.1, -0.05) is 23.2 Å². The maximum absolute atomic E-state index is 12.6. The number of pyridine rings is 1. The Hall–Kier alpha value is -2.64. The van der Waals surface area contributed by atoms with Gasteiger partial charge < -0.3 is 5.11 Å². The fraction of sp³-hybridized carbons (Fsp3) is 0.125. The Bertz CT molecular complexity index is 1130. The number of carbonyl (C=O) groups excluding carboxylic acids is 1. The summed E-state index contributed by atoms with van der Waals surface area (Å²) in [4.78, 5) is 42.7. The van der Waals surface area contributed by atoms with Gasteiger partial charge in [-0.05, 0) is 25.1 Å². The summed E-state index contributed by atoms with van der Waals surface area (Å²) in [5, 5.41) is 10.2. The minimum absolute atomic E-state index is 0.0490. The van der Waals surface area contributed by atoms with Gasteiger partial charge in [-0.25, -0.2) is 9.78 Å². The standard InChI is InChI=1S/C16H11Cl2N3O4/c1-2-21-14-10(15(24)20-16(21)25)3-7(6-19-14)12(22)9-4-8(17)5-11(18)13(9)23/h3-6,23H,2H2,1H3,(H,20,24,25). The second kappa shape index (κ2) is 6.34. The van der Waals surface area contributed by atoms with Crippen LogP contribution in [0.2, 0.25) is 10.0 Å². The van der Waals surface area contributed by atoms with Crippen molar-refractivity contribution in [2.24, 2.45) is 0 Å². The number of phenolic OH excluding ortho intramolecular Hbond substituents is 1. The molecule has 2 N–H and O–H groups in total. The Kier molecular flexibility index (Phi) is 4.36. The first-order valence-electron chi connectivity index (χ1n) is 7.19. The third-order valence-corrected chi connectivity index (χ3v) is 4.19. The predicted octanol–water partition coefficient (Wildman–Crippen LogP) is 2.35. The van der Waals surface area contributed by atoms with Crippen molar-refractivity contribution < 1.29 is 9.90 Å². The Morgan fingerprint density at radius 3 is 2.68 bits per heavy atom. The van der Waals surface area contributed by atoms with E-state index in [0.717, 1.165) is 0 Å². The Morgan fingerprint density at radius 1 is 1.28 bits per heavy atom. The van der Waals surface area contributed by atoms with E-state index in [1.807, 2.05) is 0 Å². The molecular weight excluding hydrogens is 369 g/mol. The molecule has 7 nitrogen and oxygen atoms in total. The number of rotatable bonds is 3. The smallest absolute Gasteiger partial charge is 0.329 e. The number of nitrogens with one attached hydrogen (secondary N) is 1. The fourth-order valence-electron chi connectivity index (χ4n) is 2.48. The van der Waals surface area contributed by atoms with Gasteiger partial charge in [0.25, 0.3) is 5.56 Å². The number of nitrogens with zero attached hydrogens (tertiary/aromatic N) is 2. The number of halogens is 2. The third-order valence-electron chi connectivity index (χ3n) is 3.68. The molecule has 0 fully saturated rings. The summed E-state index contributed by atoms with van der Waals surface area (Å²) in [6.07, 6.45) is 1.23. The Morgan fingerprint density at radius 2 is 2.00 bits per heavy atom. The fourth-order valence-corrected chi connectivity index (χ4v) is 2.97. The molecule has 3 aromatic rings. The van der Waals surface area contributed by atoms with Crippen LogP contribution in [-0.2, 0) is 6.54 Å². The van der Waals surface area contributed by atoms with Crippen LogP contribution in [-0.4, -0.2) is 25.4 Å². The molecule has 0 spiro atoms. The molecule has 1 aromatic carbocycles. The lowest BCUT2D eigenvalue weighted by Crippen LogP contribution is -2.30. The van der Waals surface area contributed by atoms with Crippen LogP contribution in [0, 0.1) is 0 Å². The zero-order valence-electron chi connectivity index (χ0n) is 12.8. The summed E-state index contributed by atoms with van der Waals surface area (Å²) in [5.41, 5.74) is -1.13. The molecule has 0 aliphatic heterocycles. The van der Waals surface area contributed by atoms with Gasteiger partial charge in [0, 0.05) is 23.3 Å². The van der Waals surface area contributed by atoms with Gasteiger partial charge in [-0.15, -0.1) is 0 Å². The largest absolute Gasteiger partial charge is 0.506 e. The van der Waals surface area contributed by atoms with Crippen LogP contribution < -0.4 is 11.2 Å². The molecule has 0 saturated heterocycles. The van der Waals surface area contributed by atoms with Crippen molar-refractivity contribution in [1.29, 1.82) is 0 Å². The second-order valence-electron chi connectivity index (χ2n) is 5.21. The van der Waals surface area contributed by atoms with E-state index in [1.54, 1.807) is 6.92 Å². The molecule has 2 aromatic heterocycles. The number of aromatic nitrogens is 3. The minimum Gasteiger partial charge on any atom is -0.506 e. The first-order valence-corrected chi connectivity index (χ1v) is 7.94. The number of ketones is 1. The zero-order chi connectivity index (χ0) is 18.3. The monoisotopic (exact) mass is 379 g/mol. The SMILES string of the molecule is CCn1c(=O)[nH]c(=O)c2cc(C(=O)c3cc(Cl)cc(Cl)c3O)cnc21. The summed E-state index contributed by atoms with van der Waals surface area (Å²) in [6, 6.07) is 3.88. The summed E-state index contributed by atoms with van der Waals surface area (Å²) in [5.74, 6) is -1.02. The van der Waals surface area contributed by atoms with E-state index in [9.17, 15) is 19.5 Å². The normalized spacial score (nSPS) is 11.0. The number of aryl methyl sites for hydroxylation is 1. The molecule has 0 aliphatic carbocycles. The number of H-pyrrole nitrogens is 1. The highest BCUT2D eigenvalue weighted by Crippen LogP contribution is 2.32. The summed E-state index contributed by atoms with van der Waals surface area (Å²) in [6.45, 7) is 2.03. The molecular formula is C16H11Cl2N3O4. The second-order valence-corrected chi connectivity index (χ2v) is 6.06. The van der Waals surface area contributed by atoms with Gasteiger partial charge in [-0.3, -0.25) is 19.1 Å². The lowest BCUT2D eigenvalue weighted by atomic mass is 10.0. The highest BCUT2D eigenvalue weighted by Gasteiger charge is 2.19. The predicted molar refractivity (Wildman–Crippen MR) is 93.9 cm³/mol. The average molecular weight is 380 g/mol. The summed E-state index contributed by atoms with van der Waals surface area (Å²) in [7, 11) is 0. The molecule has 0 amide bonds. The number of hydrogen-bond donors (Lipinski definition) is 2. The molecule has 2 heterocycles. The molecule has 0 unspecified atom stereocenters. The lowest BCUT2D eigenvalue weighted by Gasteiger charge is -2.09. The molecule has 0 aliphatic rings. The van der Waals surface area contributed by atoms with Crippen molar-refractivity contribution in [2.45, 2.75) is 13.5 Å². The van der Waals surface area contributed by atoms with Crippen molar-refractivity contribution in [3.63, 3.8) is 0 Å². The van der Waals surface area contributed by atoms with Gasteiger partial charge in [0.15, 0.2) is 5.78 Å². The van der Waals surface area contributed by atoms with Gasteiger partial charge in [0.2, 0.25) is 0 Å². The van der Waals surface area contributed by atoms with Gasteiger partial charge in [0.1, 0.15) is 11.4 Å². The number of fused-ring (bicyclic) bond motifs is 1. The number of aromatic amines is 1. The van der Waals surface area contributed by atoms with E-state index in [-0.39, 0.29) is 32.2 Å². The number of carbonyl (C=O) groups is 1. The molecule has 128 valence electrons. The van der Waals surface area contributed by atoms with Crippen LogP contribution in [0.1, 0.15) is 22.8 Å².